The summed E-state index contributed by atoms with van der Waals surface area (Å²) in [5.74, 6) is -0.710. The maximum absolute atomic E-state index is 13.3. The summed E-state index contributed by atoms with van der Waals surface area (Å²) in [4.78, 5) is -0.0560. The van der Waals surface area contributed by atoms with Crippen molar-refractivity contribution in [2.45, 2.75) is 11.3 Å². The molecule has 2 N–H and O–H groups in total. The zero-order chi connectivity index (χ0) is 12.5. The normalized spacial score (nSPS) is 17.2. The van der Waals surface area contributed by atoms with E-state index in [1.807, 2.05) is 6.08 Å². The summed E-state index contributed by atoms with van der Waals surface area (Å²) in [5.41, 5.74) is 5.26. The summed E-state index contributed by atoms with van der Waals surface area (Å²) in [6, 6.07) is 3.55. The van der Waals surface area contributed by atoms with Gasteiger partial charge in [0.25, 0.3) is 0 Å². The van der Waals surface area contributed by atoms with E-state index < -0.39 is 15.8 Å². The highest BCUT2D eigenvalue weighted by Crippen LogP contribution is 2.21. The number of nitrogens with zero attached hydrogens (tertiary/aromatic N) is 1. The van der Waals surface area contributed by atoms with Gasteiger partial charge < -0.3 is 5.73 Å². The van der Waals surface area contributed by atoms with Crippen molar-refractivity contribution in [2.75, 3.05) is 18.8 Å². The largest absolute Gasteiger partial charge is 0.396 e. The molecular weight excluding hydrogens is 243 g/mol. The van der Waals surface area contributed by atoms with Crippen LogP contribution in [0.1, 0.15) is 6.42 Å². The molecule has 6 heteroatoms. The molecule has 0 saturated heterocycles. The lowest BCUT2D eigenvalue weighted by Gasteiger charge is -2.22. The molecule has 0 radical (unpaired) electrons. The number of benzene rings is 1. The van der Waals surface area contributed by atoms with Crippen molar-refractivity contribution in [3.05, 3.63) is 36.2 Å². The van der Waals surface area contributed by atoms with E-state index in [1.165, 1.54) is 16.4 Å². The van der Waals surface area contributed by atoms with Crippen molar-refractivity contribution < 1.29 is 12.8 Å². The van der Waals surface area contributed by atoms with Crippen LogP contribution in [0.3, 0.4) is 0 Å². The number of halogens is 1. The minimum atomic E-state index is -3.61. The van der Waals surface area contributed by atoms with Crippen LogP contribution in [0.2, 0.25) is 0 Å². The maximum atomic E-state index is 13.3. The summed E-state index contributed by atoms with van der Waals surface area (Å²) in [6.07, 6.45) is 4.39. The lowest BCUT2D eigenvalue weighted by molar-refractivity contribution is 0.437. The van der Waals surface area contributed by atoms with Crippen molar-refractivity contribution in [3.8, 4) is 0 Å². The Morgan fingerprint density at radius 1 is 1.29 bits per heavy atom. The molecule has 1 aromatic rings. The summed E-state index contributed by atoms with van der Waals surface area (Å²) in [5, 5.41) is 0. The van der Waals surface area contributed by atoms with E-state index in [9.17, 15) is 12.8 Å². The first-order valence-electron chi connectivity index (χ1n) is 5.22. The van der Waals surface area contributed by atoms with Crippen LogP contribution in [-0.4, -0.2) is 25.8 Å². The molecule has 4 nitrogen and oxygen atoms in total. The lowest BCUT2D eigenvalue weighted by Crippen LogP contribution is -2.33. The average molecular weight is 256 g/mol. The third-order valence-electron chi connectivity index (χ3n) is 2.63. The number of hydrogen-bond acceptors (Lipinski definition) is 3. The predicted octanol–water partition coefficient (Wildman–Crippen LogP) is 1.36. The number of nitrogen functional groups attached to an aromatic ring is 1. The third-order valence-corrected chi connectivity index (χ3v) is 4.49. The highest BCUT2D eigenvalue weighted by atomic mass is 32.2. The fourth-order valence-corrected chi connectivity index (χ4v) is 3.07. The Bertz CT molecular complexity index is 555. The van der Waals surface area contributed by atoms with Gasteiger partial charge in [-0.25, -0.2) is 12.8 Å². The van der Waals surface area contributed by atoms with Gasteiger partial charge in [-0.1, -0.05) is 12.2 Å². The van der Waals surface area contributed by atoms with Gasteiger partial charge in [0.05, 0.1) is 10.6 Å². The molecular formula is C11H13FN2O2S. The molecule has 0 saturated carbocycles. The Kier molecular flexibility index (Phi) is 3.17. The van der Waals surface area contributed by atoms with Gasteiger partial charge in [-0.3, -0.25) is 0 Å². The summed E-state index contributed by atoms with van der Waals surface area (Å²) >= 11 is 0. The van der Waals surface area contributed by atoms with Crippen LogP contribution >= 0.6 is 0 Å². The number of sulfonamides is 1. The van der Waals surface area contributed by atoms with Gasteiger partial charge in [-0.2, -0.15) is 4.31 Å². The Morgan fingerprint density at radius 2 is 2.06 bits per heavy atom. The molecule has 17 heavy (non-hydrogen) atoms. The first-order chi connectivity index (χ1) is 8.01. The standard InChI is InChI=1S/C11H13FN2O2S/c12-10-8-9(4-5-11(10)13)17(15,16)14-6-2-1-3-7-14/h1-2,4-5,8H,3,6-7,13H2. The molecule has 1 aliphatic rings. The van der Waals surface area contributed by atoms with Crippen molar-refractivity contribution in [1.82, 2.24) is 4.31 Å². The second-order valence-electron chi connectivity index (χ2n) is 3.81. The van der Waals surface area contributed by atoms with Gasteiger partial charge in [-0.05, 0) is 24.6 Å². The lowest BCUT2D eigenvalue weighted by atomic mass is 10.3. The molecule has 1 aliphatic heterocycles. The molecule has 2 rings (SSSR count). The third kappa shape index (κ3) is 2.32. The molecule has 0 atom stereocenters. The van der Waals surface area contributed by atoms with E-state index in [0.29, 0.717) is 19.5 Å². The summed E-state index contributed by atoms with van der Waals surface area (Å²) < 4.78 is 38.8. The molecule has 0 amide bonds. The second kappa shape index (κ2) is 4.46. The smallest absolute Gasteiger partial charge is 0.243 e. The number of hydrogen-bond donors (Lipinski definition) is 1. The van der Waals surface area contributed by atoms with Crippen LogP contribution in [0.4, 0.5) is 10.1 Å². The van der Waals surface area contributed by atoms with E-state index in [2.05, 4.69) is 0 Å². The highest BCUT2D eigenvalue weighted by Gasteiger charge is 2.24. The van der Waals surface area contributed by atoms with Gasteiger partial charge in [0.15, 0.2) is 0 Å². The Balaban J connectivity index is 2.37. The summed E-state index contributed by atoms with van der Waals surface area (Å²) in [7, 11) is -3.61. The Morgan fingerprint density at radius 3 is 2.65 bits per heavy atom. The Hall–Kier alpha value is -1.40. The van der Waals surface area contributed by atoms with Crippen LogP contribution in [0.15, 0.2) is 35.2 Å². The van der Waals surface area contributed by atoms with Crippen LogP contribution in [0.25, 0.3) is 0 Å². The van der Waals surface area contributed by atoms with Gasteiger partial charge in [0, 0.05) is 13.1 Å². The van der Waals surface area contributed by atoms with Crippen LogP contribution in [-0.2, 0) is 10.0 Å². The van der Waals surface area contributed by atoms with Gasteiger partial charge >= 0.3 is 0 Å². The zero-order valence-electron chi connectivity index (χ0n) is 9.14. The topological polar surface area (TPSA) is 63.4 Å². The molecule has 0 aliphatic carbocycles. The molecule has 1 aromatic carbocycles. The molecule has 0 spiro atoms. The van der Waals surface area contributed by atoms with Crippen molar-refractivity contribution in [2.24, 2.45) is 0 Å². The van der Waals surface area contributed by atoms with Crippen molar-refractivity contribution >= 4 is 15.7 Å². The van der Waals surface area contributed by atoms with Crippen LogP contribution in [0.5, 0.6) is 0 Å². The second-order valence-corrected chi connectivity index (χ2v) is 5.74. The number of rotatable bonds is 2. The fourth-order valence-electron chi connectivity index (χ4n) is 1.66. The SMILES string of the molecule is Nc1ccc(S(=O)(=O)N2CC=CCC2)cc1F. The van der Waals surface area contributed by atoms with Gasteiger partial charge in [0.2, 0.25) is 10.0 Å². The number of nitrogens with two attached hydrogens (primary N) is 1. The first-order valence-corrected chi connectivity index (χ1v) is 6.66. The van der Waals surface area contributed by atoms with Crippen molar-refractivity contribution in [3.63, 3.8) is 0 Å². The summed E-state index contributed by atoms with van der Waals surface area (Å²) in [6.45, 7) is 0.749. The van der Waals surface area contributed by atoms with E-state index in [1.54, 1.807) is 6.08 Å². The molecule has 0 bridgehead atoms. The van der Waals surface area contributed by atoms with Gasteiger partial charge in [0.1, 0.15) is 5.82 Å². The average Bonchev–Trinajstić information content (AvgIpc) is 2.33. The molecule has 0 aromatic heterocycles. The van der Waals surface area contributed by atoms with Crippen LogP contribution < -0.4 is 5.73 Å². The molecule has 92 valence electrons. The van der Waals surface area contributed by atoms with E-state index in [0.717, 1.165) is 6.07 Å². The van der Waals surface area contributed by atoms with E-state index >= 15 is 0 Å². The minimum Gasteiger partial charge on any atom is -0.396 e. The Labute approximate surface area is 99.6 Å². The molecule has 1 heterocycles. The van der Waals surface area contributed by atoms with Crippen LogP contribution in [0, 0.1) is 5.82 Å². The minimum absolute atomic E-state index is 0.0533. The maximum Gasteiger partial charge on any atom is 0.243 e. The fraction of sp³-hybridized carbons (Fsp3) is 0.273. The van der Waals surface area contributed by atoms with Gasteiger partial charge in [-0.15, -0.1) is 0 Å². The monoisotopic (exact) mass is 256 g/mol. The zero-order valence-corrected chi connectivity index (χ0v) is 9.95. The van der Waals surface area contributed by atoms with E-state index in [-0.39, 0.29) is 10.6 Å². The molecule has 0 unspecified atom stereocenters. The highest BCUT2D eigenvalue weighted by molar-refractivity contribution is 7.89. The first kappa shape index (κ1) is 12.1. The quantitative estimate of drug-likeness (QED) is 0.642. The molecule has 0 fully saturated rings. The predicted molar refractivity (Wildman–Crippen MR) is 63.3 cm³/mol. The van der Waals surface area contributed by atoms with E-state index in [4.69, 9.17) is 5.73 Å². The van der Waals surface area contributed by atoms with Crippen molar-refractivity contribution in [1.29, 1.82) is 0 Å². The number of anilines is 1.